The third-order valence-electron chi connectivity index (χ3n) is 3.77. The van der Waals surface area contributed by atoms with Crippen molar-refractivity contribution in [2.75, 3.05) is 19.7 Å². The fraction of sp³-hybridized carbons (Fsp3) is 0.333. The fourth-order valence-electron chi connectivity index (χ4n) is 2.60. The van der Waals surface area contributed by atoms with Crippen molar-refractivity contribution in [1.82, 2.24) is 9.88 Å². The summed E-state index contributed by atoms with van der Waals surface area (Å²) < 4.78 is 5.12. The first-order valence-electron chi connectivity index (χ1n) is 6.92. The summed E-state index contributed by atoms with van der Waals surface area (Å²) in [5.41, 5.74) is 1.75. The van der Waals surface area contributed by atoms with Crippen molar-refractivity contribution in [1.29, 1.82) is 0 Å². The number of aromatic nitrogens is 1. The van der Waals surface area contributed by atoms with Crippen LogP contribution in [0.3, 0.4) is 0 Å². The fourth-order valence-corrected chi connectivity index (χ4v) is 2.78. The minimum atomic E-state index is -1.04. The Balaban J connectivity index is 1.74. The van der Waals surface area contributed by atoms with Crippen LogP contribution in [0.1, 0.15) is 5.56 Å². The number of amides is 1. The Morgan fingerprint density at radius 2 is 2.27 bits per heavy atom. The molecular weight excluding hydrogens is 308 g/mol. The molecule has 2 heterocycles. The zero-order valence-electron chi connectivity index (χ0n) is 11.7. The van der Waals surface area contributed by atoms with E-state index in [2.05, 4.69) is 4.98 Å². The van der Waals surface area contributed by atoms with Gasteiger partial charge < -0.3 is 19.7 Å². The van der Waals surface area contributed by atoms with E-state index in [1.165, 1.54) is 4.90 Å². The third-order valence-corrected chi connectivity index (χ3v) is 4.00. The number of H-pyrrole nitrogens is 1. The molecule has 6 nitrogen and oxygen atoms in total. The Kier molecular flexibility index (Phi) is 4.04. The standard InChI is InChI=1S/C15H15ClN2O4/c16-10-1-2-11-9(7-17-12(11)6-10)5-14(19)18-3-4-22-13(8-18)15(20)21/h1-2,6-7,13,17H,3-5,8H2,(H,20,21). The van der Waals surface area contributed by atoms with Crippen LogP contribution in [-0.2, 0) is 20.7 Å². The van der Waals surface area contributed by atoms with E-state index in [9.17, 15) is 9.59 Å². The van der Waals surface area contributed by atoms with Crippen LogP contribution < -0.4 is 0 Å². The maximum atomic E-state index is 12.4. The number of rotatable bonds is 3. The van der Waals surface area contributed by atoms with Gasteiger partial charge in [0, 0.05) is 28.7 Å². The second-order valence-electron chi connectivity index (χ2n) is 5.22. The van der Waals surface area contributed by atoms with E-state index in [1.54, 1.807) is 18.3 Å². The predicted octanol–water partition coefficient (Wildman–Crippen LogP) is 1.68. The number of aromatic amines is 1. The molecule has 1 atom stereocenters. The number of fused-ring (bicyclic) bond motifs is 1. The Hall–Kier alpha value is -2.05. The monoisotopic (exact) mass is 322 g/mol. The largest absolute Gasteiger partial charge is 0.479 e. The van der Waals surface area contributed by atoms with Gasteiger partial charge in [-0.15, -0.1) is 0 Å². The van der Waals surface area contributed by atoms with Gasteiger partial charge in [-0.2, -0.15) is 0 Å². The quantitative estimate of drug-likeness (QED) is 0.900. The minimum absolute atomic E-state index is 0.0857. The molecule has 1 aromatic heterocycles. The number of ether oxygens (including phenoxy) is 1. The molecule has 0 aliphatic carbocycles. The maximum Gasteiger partial charge on any atom is 0.334 e. The van der Waals surface area contributed by atoms with Gasteiger partial charge in [0.25, 0.3) is 0 Å². The summed E-state index contributed by atoms with van der Waals surface area (Å²) in [6.45, 7) is 0.741. The molecule has 0 bridgehead atoms. The van der Waals surface area contributed by atoms with Gasteiger partial charge in [0.1, 0.15) is 0 Å². The molecule has 0 spiro atoms. The highest BCUT2D eigenvalue weighted by atomic mass is 35.5. The van der Waals surface area contributed by atoms with Gasteiger partial charge in [0.15, 0.2) is 6.10 Å². The van der Waals surface area contributed by atoms with Crippen LogP contribution in [0.2, 0.25) is 5.02 Å². The Morgan fingerprint density at radius 1 is 1.45 bits per heavy atom. The lowest BCUT2D eigenvalue weighted by atomic mass is 10.1. The molecule has 0 saturated carbocycles. The van der Waals surface area contributed by atoms with E-state index in [1.807, 2.05) is 6.07 Å². The number of carboxylic acid groups (broad SMARTS) is 1. The van der Waals surface area contributed by atoms with Gasteiger partial charge in [-0.1, -0.05) is 17.7 Å². The molecule has 116 valence electrons. The molecule has 1 unspecified atom stereocenters. The van der Waals surface area contributed by atoms with Gasteiger partial charge >= 0.3 is 5.97 Å². The lowest BCUT2D eigenvalue weighted by molar-refractivity contribution is -0.159. The molecule has 1 saturated heterocycles. The van der Waals surface area contributed by atoms with E-state index in [0.29, 0.717) is 11.6 Å². The van der Waals surface area contributed by atoms with Crippen LogP contribution >= 0.6 is 11.6 Å². The van der Waals surface area contributed by atoms with Crippen LogP contribution in [0.5, 0.6) is 0 Å². The Morgan fingerprint density at radius 3 is 3.05 bits per heavy atom. The van der Waals surface area contributed by atoms with E-state index in [0.717, 1.165) is 16.5 Å². The summed E-state index contributed by atoms with van der Waals surface area (Å²) in [5.74, 6) is -1.15. The van der Waals surface area contributed by atoms with Gasteiger partial charge in [0.05, 0.1) is 19.6 Å². The van der Waals surface area contributed by atoms with Gasteiger partial charge in [-0.25, -0.2) is 4.79 Å². The summed E-state index contributed by atoms with van der Waals surface area (Å²) in [5, 5.41) is 10.6. The van der Waals surface area contributed by atoms with E-state index < -0.39 is 12.1 Å². The molecule has 1 fully saturated rings. The summed E-state index contributed by atoms with van der Waals surface area (Å²) in [4.78, 5) is 28.0. The molecule has 1 aliphatic heterocycles. The minimum Gasteiger partial charge on any atom is -0.479 e. The first-order valence-corrected chi connectivity index (χ1v) is 7.30. The Labute approximate surface area is 131 Å². The first-order chi connectivity index (χ1) is 10.5. The number of benzene rings is 1. The molecule has 2 aromatic rings. The van der Waals surface area contributed by atoms with Crippen molar-refractivity contribution < 1.29 is 19.4 Å². The van der Waals surface area contributed by atoms with Crippen LogP contribution in [-0.4, -0.2) is 52.7 Å². The van der Waals surface area contributed by atoms with Gasteiger partial charge in [0.2, 0.25) is 5.91 Å². The molecule has 0 radical (unpaired) electrons. The Bertz CT molecular complexity index is 727. The van der Waals surface area contributed by atoms with Gasteiger partial charge in [-0.05, 0) is 17.7 Å². The molecule has 1 aromatic carbocycles. The smallest absolute Gasteiger partial charge is 0.334 e. The third kappa shape index (κ3) is 2.93. The number of morpholine rings is 1. The van der Waals surface area contributed by atoms with Crippen molar-refractivity contribution in [3.8, 4) is 0 Å². The second kappa shape index (κ2) is 5.98. The van der Waals surface area contributed by atoms with Crippen LogP contribution in [0.15, 0.2) is 24.4 Å². The summed E-state index contributed by atoms with van der Waals surface area (Å²) in [7, 11) is 0. The highest BCUT2D eigenvalue weighted by molar-refractivity contribution is 6.31. The number of hydrogen-bond donors (Lipinski definition) is 2. The molecule has 3 rings (SSSR count). The van der Waals surface area contributed by atoms with Gasteiger partial charge in [-0.3, -0.25) is 4.79 Å². The zero-order valence-corrected chi connectivity index (χ0v) is 12.5. The molecule has 2 N–H and O–H groups in total. The summed E-state index contributed by atoms with van der Waals surface area (Å²) in [6, 6.07) is 5.46. The number of carboxylic acids is 1. The number of aliphatic carboxylic acids is 1. The highest BCUT2D eigenvalue weighted by Gasteiger charge is 2.29. The van der Waals surface area contributed by atoms with Crippen LogP contribution in [0.4, 0.5) is 0 Å². The first kappa shape index (κ1) is 14.9. The van der Waals surface area contributed by atoms with E-state index in [4.69, 9.17) is 21.4 Å². The van der Waals surface area contributed by atoms with Crippen LogP contribution in [0, 0.1) is 0 Å². The molecule has 22 heavy (non-hydrogen) atoms. The van der Waals surface area contributed by atoms with Crippen molar-refractivity contribution >= 4 is 34.4 Å². The number of halogens is 1. The van der Waals surface area contributed by atoms with Crippen molar-refractivity contribution in [3.05, 3.63) is 35.0 Å². The highest BCUT2D eigenvalue weighted by Crippen LogP contribution is 2.23. The lowest BCUT2D eigenvalue weighted by Gasteiger charge is -2.30. The second-order valence-corrected chi connectivity index (χ2v) is 5.65. The number of nitrogens with zero attached hydrogens (tertiary/aromatic N) is 1. The number of hydrogen-bond acceptors (Lipinski definition) is 3. The molecule has 1 amide bonds. The molecule has 1 aliphatic rings. The topological polar surface area (TPSA) is 82.6 Å². The number of carbonyl (C=O) groups is 2. The molecular formula is C15H15ClN2O4. The molecule has 7 heteroatoms. The number of nitrogens with one attached hydrogen (secondary N) is 1. The van der Waals surface area contributed by atoms with Crippen molar-refractivity contribution in [2.45, 2.75) is 12.5 Å². The van der Waals surface area contributed by atoms with Crippen molar-refractivity contribution in [2.24, 2.45) is 0 Å². The normalized spacial score (nSPS) is 18.6. The van der Waals surface area contributed by atoms with E-state index >= 15 is 0 Å². The SMILES string of the molecule is O=C(O)C1CN(C(=O)Cc2c[nH]c3cc(Cl)ccc23)CCO1. The zero-order chi connectivity index (χ0) is 15.7. The predicted molar refractivity (Wildman–Crippen MR) is 81.0 cm³/mol. The van der Waals surface area contributed by atoms with E-state index in [-0.39, 0.29) is 25.5 Å². The summed E-state index contributed by atoms with van der Waals surface area (Å²) in [6.07, 6.45) is 1.06. The van der Waals surface area contributed by atoms with Crippen molar-refractivity contribution in [3.63, 3.8) is 0 Å². The average molecular weight is 323 g/mol. The summed E-state index contributed by atoms with van der Waals surface area (Å²) >= 11 is 5.94. The lowest BCUT2D eigenvalue weighted by Crippen LogP contribution is -2.49. The number of carbonyl (C=O) groups excluding carboxylic acids is 1. The maximum absolute atomic E-state index is 12.4. The van der Waals surface area contributed by atoms with Crippen LogP contribution in [0.25, 0.3) is 10.9 Å². The average Bonchev–Trinajstić information content (AvgIpc) is 2.89.